The summed E-state index contributed by atoms with van der Waals surface area (Å²) in [5.41, 5.74) is 0.964. The zero-order valence-electron chi connectivity index (χ0n) is 14.9. The molecule has 1 aromatic heterocycles. The minimum atomic E-state index is -0.234. The number of hydrogen-bond donors (Lipinski definition) is 2. The van der Waals surface area contributed by atoms with E-state index in [-0.39, 0.29) is 18.1 Å². The number of aliphatic hydroxyl groups is 1. The number of ether oxygens (including phenoxy) is 1. The van der Waals surface area contributed by atoms with Gasteiger partial charge in [0.2, 0.25) is 5.91 Å². The summed E-state index contributed by atoms with van der Waals surface area (Å²) in [6.45, 7) is 0.518. The van der Waals surface area contributed by atoms with Gasteiger partial charge >= 0.3 is 0 Å². The number of benzene rings is 1. The van der Waals surface area contributed by atoms with E-state index in [0.29, 0.717) is 31.8 Å². The Morgan fingerprint density at radius 1 is 1.19 bits per heavy atom. The molecule has 2 N–H and O–H groups in total. The molecule has 1 amide bonds. The minimum absolute atomic E-state index is 0.0239. The average molecular weight is 354 g/mol. The number of aliphatic hydroxyl groups excluding tert-OH is 1. The van der Waals surface area contributed by atoms with Crippen molar-refractivity contribution >= 4 is 5.91 Å². The predicted octanol–water partition coefficient (Wildman–Crippen LogP) is 2.74. The van der Waals surface area contributed by atoms with Gasteiger partial charge in [0.15, 0.2) is 0 Å². The number of aromatic nitrogens is 1. The van der Waals surface area contributed by atoms with Gasteiger partial charge in [-0.1, -0.05) is 24.3 Å². The Labute approximate surface area is 154 Å². The standard InChI is InChI=1S/C21H26N2O3/c24-18-13-16(14-18)20(15-17-7-4-5-11-22-17)23-21(25)10-6-12-26-19-8-2-1-3-9-19/h1-5,7-9,11,16,18,20,24H,6,10,12-15H2,(H,23,25)/t16?,18?,20-/m0/s1. The van der Waals surface area contributed by atoms with E-state index >= 15 is 0 Å². The fraction of sp³-hybridized carbons (Fsp3) is 0.429. The van der Waals surface area contributed by atoms with Gasteiger partial charge in [-0.2, -0.15) is 0 Å². The highest BCUT2D eigenvalue weighted by atomic mass is 16.5. The Balaban J connectivity index is 1.44. The zero-order chi connectivity index (χ0) is 18.2. The fourth-order valence-electron chi connectivity index (χ4n) is 3.26. The molecule has 0 unspecified atom stereocenters. The molecule has 1 aliphatic carbocycles. The number of nitrogens with one attached hydrogen (secondary N) is 1. The monoisotopic (exact) mass is 354 g/mol. The third-order valence-corrected chi connectivity index (χ3v) is 4.78. The maximum absolute atomic E-state index is 12.3. The molecule has 1 saturated carbocycles. The summed E-state index contributed by atoms with van der Waals surface area (Å²) in [5.74, 6) is 1.17. The molecular formula is C21H26N2O3. The Morgan fingerprint density at radius 3 is 2.65 bits per heavy atom. The third-order valence-electron chi connectivity index (χ3n) is 4.78. The maximum atomic E-state index is 12.3. The van der Waals surface area contributed by atoms with Gasteiger partial charge in [-0.15, -0.1) is 0 Å². The van der Waals surface area contributed by atoms with E-state index in [1.165, 1.54) is 0 Å². The molecule has 0 bridgehead atoms. The van der Waals surface area contributed by atoms with Crippen molar-refractivity contribution in [3.05, 3.63) is 60.4 Å². The molecule has 2 aromatic rings. The van der Waals surface area contributed by atoms with E-state index < -0.39 is 0 Å². The van der Waals surface area contributed by atoms with Crippen LogP contribution in [0.5, 0.6) is 5.75 Å². The van der Waals surface area contributed by atoms with Crippen LogP contribution in [0.15, 0.2) is 54.7 Å². The van der Waals surface area contributed by atoms with Crippen molar-refractivity contribution in [3.63, 3.8) is 0 Å². The molecule has 0 radical (unpaired) electrons. The molecule has 1 atom stereocenters. The van der Waals surface area contributed by atoms with Gasteiger partial charge < -0.3 is 15.2 Å². The molecule has 26 heavy (non-hydrogen) atoms. The predicted molar refractivity (Wildman–Crippen MR) is 99.8 cm³/mol. The summed E-state index contributed by atoms with van der Waals surface area (Å²) >= 11 is 0. The highest BCUT2D eigenvalue weighted by Crippen LogP contribution is 2.31. The molecule has 5 heteroatoms. The minimum Gasteiger partial charge on any atom is -0.494 e. The molecule has 1 fully saturated rings. The lowest BCUT2D eigenvalue weighted by Gasteiger charge is -2.38. The average Bonchev–Trinajstić information content (AvgIpc) is 2.64. The van der Waals surface area contributed by atoms with Crippen LogP contribution in [0, 0.1) is 5.92 Å². The van der Waals surface area contributed by atoms with Gasteiger partial charge in [-0.25, -0.2) is 0 Å². The second-order valence-electron chi connectivity index (χ2n) is 6.85. The van der Waals surface area contributed by atoms with E-state index in [1.54, 1.807) is 6.20 Å². The first-order valence-electron chi connectivity index (χ1n) is 9.26. The molecule has 1 heterocycles. The topological polar surface area (TPSA) is 71.5 Å². The van der Waals surface area contributed by atoms with Crippen LogP contribution in [-0.4, -0.2) is 34.8 Å². The smallest absolute Gasteiger partial charge is 0.220 e. The Bertz CT molecular complexity index is 672. The summed E-state index contributed by atoms with van der Waals surface area (Å²) in [7, 11) is 0. The van der Waals surface area contributed by atoms with Crippen LogP contribution in [0.25, 0.3) is 0 Å². The van der Waals surface area contributed by atoms with E-state index in [9.17, 15) is 9.90 Å². The first-order valence-corrected chi connectivity index (χ1v) is 9.26. The second-order valence-corrected chi connectivity index (χ2v) is 6.85. The third kappa shape index (κ3) is 5.56. The Morgan fingerprint density at radius 2 is 1.96 bits per heavy atom. The Kier molecular flexibility index (Phi) is 6.61. The number of carbonyl (C=O) groups is 1. The largest absolute Gasteiger partial charge is 0.494 e. The quantitative estimate of drug-likeness (QED) is 0.679. The molecular weight excluding hydrogens is 328 g/mol. The van der Waals surface area contributed by atoms with Crippen LogP contribution in [-0.2, 0) is 11.2 Å². The lowest BCUT2D eigenvalue weighted by atomic mass is 9.76. The van der Waals surface area contributed by atoms with Gasteiger partial charge in [0, 0.05) is 30.8 Å². The molecule has 138 valence electrons. The molecule has 1 aliphatic rings. The highest BCUT2D eigenvalue weighted by Gasteiger charge is 2.34. The van der Waals surface area contributed by atoms with Crippen LogP contribution in [0.1, 0.15) is 31.4 Å². The fourth-order valence-corrected chi connectivity index (χ4v) is 3.26. The molecule has 0 aliphatic heterocycles. The van der Waals surface area contributed by atoms with Gasteiger partial charge in [0.25, 0.3) is 0 Å². The summed E-state index contributed by atoms with van der Waals surface area (Å²) in [6, 6.07) is 15.5. The summed E-state index contributed by atoms with van der Waals surface area (Å²) in [4.78, 5) is 16.7. The van der Waals surface area contributed by atoms with E-state index in [4.69, 9.17) is 4.74 Å². The van der Waals surface area contributed by atoms with Crippen molar-refractivity contribution in [2.45, 2.75) is 44.2 Å². The van der Waals surface area contributed by atoms with E-state index in [2.05, 4.69) is 10.3 Å². The van der Waals surface area contributed by atoms with Crippen molar-refractivity contribution in [1.82, 2.24) is 10.3 Å². The van der Waals surface area contributed by atoms with Gasteiger partial charge in [0.05, 0.1) is 12.7 Å². The molecule has 5 nitrogen and oxygen atoms in total. The van der Waals surface area contributed by atoms with E-state index in [0.717, 1.165) is 24.3 Å². The first-order chi connectivity index (χ1) is 12.7. The second kappa shape index (κ2) is 9.34. The molecule has 0 saturated heterocycles. The highest BCUT2D eigenvalue weighted by molar-refractivity contribution is 5.76. The Hall–Kier alpha value is -2.40. The number of rotatable bonds is 9. The summed E-state index contributed by atoms with van der Waals surface area (Å²) in [6.07, 6.45) is 4.83. The molecule has 3 rings (SSSR count). The zero-order valence-corrected chi connectivity index (χ0v) is 14.9. The van der Waals surface area contributed by atoms with Gasteiger partial charge in [0.1, 0.15) is 5.75 Å². The molecule has 1 aromatic carbocycles. The van der Waals surface area contributed by atoms with Gasteiger partial charge in [-0.05, 0) is 49.4 Å². The number of amides is 1. The summed E-state index contributed by atoms with van der Waals surface area (Å²) in [5, 5.41) is 12.7. The summed E-state index contributed by atoms with van der Waals surface area (Å²) < 4.78 is 5.63. The molecule has 0 spiro atoms. The van der Waals surface area contributed by atoms with Crippen molar-refractivity contribution < 1.29 is 14.6 Å². The number of carbonyl (C=O) groups excluding carboxylic acids is 1. The van der Waals surface area contributed by atoms with Crippen LogP contribution < -0.4 is 10.1 Å². The van der Waals surface area contributed by atoms with Crippen LogP contribution in [0.2, 0.25) is 0 Å². The number of para-hydroxylation sites is 1. The first kappa shape index (κ1) is 18.4. The van der Waals surface area contributed by atoms with Crippen LogP contribution in [0.3, 0.4) is 0 Å². The lowest BCUT2D eigenvalue weighted by Crippen LogP contribution is -2.48. The van der Waals surface area contributed by atoms with Crippen LogP contribution in [0.4, 0.5) is 0 Å². The number of hydrogen-bond acceptors (Lipinski definition) is 4. The van der Waals surface area contributed by atoms with Crippen molar-refractivity contribution in [3.8, 4) is 5.75 Å². The van der Waals surface area contributed by atoms with Crippen molar-refractivity contribution in [2.24, 2.45) is 5.92 Å². The maximum Gasteiger partial charge on any atom is 0.220 e. The van der Waals surface area contributed by atoms with Gasteiger partial charge in [-0.3, -0.25) is 9.78 Å². The van der Waals surface area contributed by atoms with Crippen molar-refractivity contribution in [1.29, 1.82) is 0 Å². The lowest BCUT2D eigenvalue weighted by molar-refractivity contribution is -0.123. The van der Waals surface area contributed by atoms with Crippen molar-refractivity contribution in [2.75, 3.05) is 6.61 Å². The SMILES string of the molecule is O=C(CCCOc1ccccc1)N[C@@H](Cc1ccccn1)C1CC(O)C1. The number of nitrogens with zero attached hydrogens (tertiary/aromatic N) is 1. The normalized spacial score (nSPS) is 20.0. The number of pyridine rings is 1. The van der Waals surface area contributed by atoms with Crippen LogP contribution >= 0.6 is 0 Å². The van der Waals surface area contributed by atoms with E-state index in [1.807, 2.05) is 48.5 Å².